The summed E-state index contributed by atoms with van der Waals surface area (Å²) in [6.07, 6.45) is 1.67. The highest BCUT2D eigenvalue weighted by atomic mass is 32.2. The molecule has 12 heteroatoms. The molecule has 0 saturated carbocycles. The maximum Gasteiger partial charge on any atom is 0.286 e. The van der Waals surface area contributed by atoms with Crippen LogP contribution in [-0.4, -0.2) is 58.2 Å². The summed E-state index contributed by atoms with van der Waals surface area (Å²) in [6.45, 7) is 1.92. The summed E-state index contributed by atoms with van der Waals surface area (Å²) in [5.41, 5.74) is 3.81. The Kier molecular flexibility index (Phi) is 5.56. The summed E-state index contributed by atoms with van der Waals surface area (Å²) in [5.74, 6) is -1.14. The lowest BCUT2D eigenvalue weighted by atomic mass is 10.0. The molecule has 2 aliphatic rings. The number of nitrogens with zero attached hydrogens (tertiary/aromatic N) is 4. The Balaban J connectivity index is 1.46. The minimum atomic E-state index is -3.22. The zero-order valence-electron chi connectivity index (χ0n) is 18.2. The van der Waals surface area contributed by atoms with Crippen molar-refractivity contribution in [1.29, 1.82) is 0 Å². The number of thiophene rings is 1. The van der Waals surface area contributed by atoms with Crippen molar-refractivity contribution in [3.8, 4) is 11.1 Å². The molecule has 2 aliphatic heterocycles. The molecule has 176 valence electrons. The maximum atomic E-state index is 13.3. The molecule has 1 saturated heterocycles. The van der Waals surface area contributed by atoms with Crippen molar-refractivity contribution in [1.82, 2.24) is 14.7 Å². The van der Waals surface area contributed by atoms with Gasteiger partial charge in [-0.15, -0.1) is 11.3 Å². The first kappa shape index (κ1) is 22.4. The van der Waals surface area contributed by atoms with E-state index in [0.717, 1.165) is 25.7 Å². The van der Waals surface area contributed by atoms with Crippen molar-refractivity contribution in [3.63, 3.8) is 0 Å². The summed E-state index contributed by atoms with van der Waals surface area (Å²) < 4.78 is 24.6. The smallest absolute Gasteiger partial charge is 0.273 e. The third-order valence-electron chi connectivity index (χ3n) is 5.95. The number of fused-ring (bicyclic) bond motifs is 1. The quantitative estimate of drug-likeness (QED) is 0.581. The zero-order chi connectivity index (χ0) is 24.0. The van der Waals surface area contributed by atoms with E-state index in [2.05, 4.69) is 15.5 Å². The van der Waals surface area contributed by atoms with E-state index in [9.17, 15) is 22.8 Å². The van der Waals surface area contributed by atoms with Crippen LogP contribution in [0.5, 0.6) is 0 Å². The van der Waals surface area contributed by atoms with Crippen molar-refractivity contribution >= 4 is 48.9 Å². The van der Waals surface area contributed by atoms with E-state index < -0.39 is 27.3 Å². The van der Waals surface area contributed by atoms with E-state index in [-0.39, 0.29) is 42.4 Å². The summed E-state index contributed by atoms with van der Waals surface area (Å²) in [4.78, 5) is 44.4. The van der Waals surface area contributed by atoms with Crippen molar-refractivity contribution < 1.29 is 18.0 Å². The van der Waals surface area contributed by atoms with Gasteiger partial charge in [-0.2, -0.15) is 5.10 Å². The van der Waals surface area contributed by atoms with E-state index in [4.69, 9.17) is 0 Å². The molecule has 10 nitrogen and oxygen atoms in total. The van der Waals surface area contributed by atoms with Gasteiger partial charge in [0.1, 0.15) is 16.9 Å². The summed E-state index contributed by atoms with van der Waals surface area (Å²) >= 11 is 1.40. The van der Waals surface area contributed by atoms with Crippen LogP contribution in [0.3, 0.4) is 0 Å². The number of hydrogen-bond donors (Lipinski definition) is 1. The molecule has 1 atom stereocenters. The second kappa shape index (κ2) is 8.44. The molecule has 0 radical (unpaired) electrons. The Bertz CT molecular complexity index is 1510. The van der Waals surface area contributed by atoms with Gasteiger partial charge in [-0.05, 0) is 18.9 Å². The van der Waals surface area contributed by atoms with Gasteiger partial charge in [0, 0.05) is 23.3 Å². The summed E-state index contributed by atoms with van der Waals surface area (Å²) in [5, 5.41) is 5.68. The van der Waals surface area contributed by atoms with Gasteiger partial charge in [0.15, 0.2) is 9.84 Å². The lowest BCUT2D eigenvalue weighted by Gasteiger charge is -2.27. The Morgan fingerprint density at radius 2 is 1.94 bits per heavy atom. The molecule has 2 aromatic heterocycles. The average molecular weight is 500 g/mol. The number of amides is 2. The molecular weight excluding hydrogens is 478 g/mol. The van der Waals surface area contributed by atoms with Gasteiger partial charge in [-0.25, -0.2) is 23.1 Å². The van der Waals surface area contributed by atoms with Gasteiger partial charge in [-0.3, -0.25) is 19.8 Å². The largest absolute Gasteiger partial charge is 0.286 e. The number of hydrogen-bond acceptors (Lipinski definition) is 8. The molecule has 1 aromatic carbocycles. The van der Waals surface area contributed by atoms with Crippen molar-refractivity contribution in [2.75, 3.05) is 16.9 Å². The van der Waals surface area contributed by atoms with Crippen LogP contribution in [0.4, 0.5) is 0 Å². The van der Waals surface area contributed by atoms with Crippen LogP contribution in [0.15, 0.2) is 46.6 Å². The third kappa shape index (κ3) is 4.03. The van der Waals surface area contributed by atoms with Crippen LogP contribution in [0, 0.1) is 6.92 Å². The Morgan fingerprint density at radius 1 is 1.18 bits per heavy atom. The van der Waals surface area contributed by atoms with E-state index in [1.54, 1.807) is 0 Å². The number of nitrogens with one attached hydrogen (secondary N) is 1. The molecule has 1 unspecified atom stereocenters. The van der Waals surface area contributed by atoms with Gasteiger partial charge in [0.05, 0.1) is 22.9 Å². The number of benzene rings is 1. The van der Waals surface area contributed by atoms with Gasteiger partial charge >= 0.3 is 0 Å². The zero-order valence-corrected chi connectivity index (χ0v) is 19.9. The van der Waals surface area contributed by atoms with Gasteiger partial charge in [0.25, 0.3) is 11.5 Å². The van der Waals surface area contributed by atoms with Crippen molar-refractivity contribution in [2.45, 2.75) is 32.2 Å². The second-order valence-electron chi connectivity index (χ2n) is 8.28. The van der Waals surface area contributed by atoms with Gasteiger partial charge in [0.2, 0.25) is 5.91 Å². The first-order valence-electron chi connectivity index (χ1n) is 10.7. The fourth-order valence-electron chi connectivity index (χ4n) is 4.30. The Morgan fingerprint density at radius 3 is 2.65 bits per heavy atom. The Labute approximate surface area is 198 Å². The molecule has 1 N–H and O–H groups in total. The minimum Gasteiger partial charge on any atom is -0.273 e. The average Bonchev–Trinajstić information content (AvgIpc) is 3.35. The predicted octanol–water partition coefficient (Wildman–Crippen LogP) is 1.67. The SMILES string of the molecule is Cc1sc2ncn(NC(=O)C3=NN(C4CCS(=O)(=O)C4)C(=O)CC3)c(=O)c2c1-c1ccccc1. The number of carbonyl (C=O) groups excluding carboxylic acids is 2. The van der Waals surface area contributed by atoms with Crippen LogP contribution in [0.25, 0.3) is 21.3 Å². The summed E-state index contributed by atoms with van der Waals surface area (Å²) in [7, 11) is -3.22. The maximum absolute atomic E-state index is 13.3. The molecule has 1 fully saturated rings. The van der Waals surface area contributed by atoms with Gasteiger partial charge < -0.3 is 0 Å². The minimum absolute atomic E-state index is 0.0105. The molecule has 0 bridgehead atoms. The number of hydrazone groups is 1. The number of aromatic nitrogens is 2. The highest BCUT2D eigenvalue weighted by Crippen LogP contribution is 2.35. The topological polar surface area (TPSA) is 131 Å². The predicted molar refractivity (Wildman–Crippen MR) is 129 cm³/mol. The normalized spacial score (nSPS) is 19.9. The Hall–Kier alpha value is -3.38. The van der Waals surface area contributed by atoms with Crippen LogP contribution < -0.4 is 11.0 Å². The molecule has 0 spiro atoms. The third-order valence-corrected chi connectivity index (χ3v) is 8.71. The van der Waals surface area contributed by atoms with Crippen LogP contribution >= 0.6 is 11.3 Å². The van der Waals surface area contributed by atoms with Gasteiger partial charge in [-0.1, -0.05) is 30.3 Å². The molecule has 5 rings (SSSR count). The highest BCUT2D eigenvalue weighted by molar-refractivity contribution is 7.91. The van der Waals surface area contributed by atoms with E-state index in [1.165, 1.54) is 17.7 Å². The first-order chi connectivity index (χ1) is 16.2. The molecule has 3 aromatic rings. The second-order valence-corrected chi connectivity index (χ2v) is 11.7. The van der Waals surface area contributed by atoms with Crippen LogP contribution in [-0.2, 0) is 19.4 Å². The monoisotopic (exact) mass is 499 g/mol. The molecule has 4 heterocycles. The fraction of sp³-hybridized carbons (Fsp3) is 0.318. The summed E-state index contributed by atoms with van der Waals surface area (Å²) in [6, 6.07) is 8.91. The molecule has 34 heavy (non-hydrogen) atoms. The van der Waals surface area contributed by atoms with Crippen molar-refractivity contribution in [3.05, 3.63) is 51.9 Å². The van der Waals surface area contributed by atoms with E-state index in [1.807, 2.05) is 37.3 Å². The van der Waals surface area contributed by atoms with E-state index in [0.29, 0.717) is 10.2 Å². The van der Waals surface area contributed by atoms with E-state index >= 15 is 0 Å². The number of aryl methyl sites for hydroxylation is 1. The van der Waals surface area contributed by atoms with Crippen LogP contribution in [0.2, 0.25) is 0 Å². The highest BCUT2D eigenvalue weighted by Gasteiger charge is 2.37. The number of carbonyl (C=O) groups is 2. The molecule has 0 aliphatic carbocycles. The molecular formula is C22H21N5O5S2. The lowest BCUT2D eigenvalue weighted by Crippen LogP contribution is -2.44. The molecule has 2 amide bonds. The van der Waals surface area contributed by atoms with Crippen molar-refractivity contribution in [2.24, 2.45) is 5.10 Å². The fourth-order valence-corrected chi connectivity index (χ4v) is 6.99. The standard InChI is InChI=1S/C22H21N5O5S2/c1-13-18(14-5-3-2-4-6-14)19-21(33-13)23-12-26(22(19)30)25-20(29)16-7-8-17(28)27(24-16)15-9-10-34(31,32)11-15/h2-6,12,15H,7-11H2,1H3,(H,25,29). The number of sulfone groups is 1. The van der Waals surface area contributed by atoms with Crippen LogP contribution in [0.1, 0.15) is 24.1 Å². The number of rotatable bonds is 4. The lowest BCUT2D eigenvalue weighted by molar-refractivity contribution is -0.133. The first-order valence-corrected chi connectivity index (χ1v) is 13.3.